The van der Waals surface area contributed by atoms with Crippen LogP contribution in [0.5, 0.6) is 5.75 Å². The molecule has 4 nitrogen and oxygen atoms in total. The van der Waals surface area contributed by atoms with Gasteiger partial charge >= 0.3 is 0 Å². The Kier molecular flexibility index (Phi) is 5.45. The SMILES string of the molecule is O=C(CCC(C(=O)c1ccccc1O)c1ccc(F)c(F)c1)c1ccco1. The van der Waals surface area contributed by atoms with E-state index >= 15 is 0 Å². The molecule has 0 bridgehead atoms. The molecule has 0 saturated carbocycles. The lowest BCUT2D eigenvalue weighted by atomic mass is 9.86. The van der Waals surface area contributed by atoms with Crippen molar-refractivity contribution in [3.8, 4) is 5.75 Å². The second-order valence-corrected chi connectivity index (χ2v) is 6.05. The molecule has 0 fully saturated rings. The number of benzene rings is 2. The summed E-state index contributed by atoms with van der Waals surface area (Å²) in [6, 6.07) is 12.2. The number of carbonyl (C=O) groups excluding carboxylic acids is 2. The minimum atomic E-state index is -1.08. The molecule has 2 aromatic carbocycles. The second-order valence-electron chi connectivity index (χ2n) is 6.05. The minimum absolute atomic E-state index is 0.0312. The van der Waals surface area contributed by atoms with Crippen LogP contribution in [0.4, 0.5) is 8.78 Å². The number of ketones is 2. The molecule has 0 saturated heterocycles. The van der Waals surface area contributed by atoms with Crippen molar-refractivity contribution in [1.82, 2.24) is 0 Å². The number of furan rings is 1. The number of phenols is 1. The first-order valence-electron chi connectivity index (χ1n) is 8.31. The van der Waals surface area contributed by atoms with Crippen LogP contribution in [0.25, 0.3) is 0 Å². The number of rotatable bonds is 7. The fourth-order valence-corrected chi connectivity index (χ4v) is 2.88. The van der Waals surface area contributed by atoms with Crippen LogP contribution in [-0.2, 0) is 0 Å². The van der Waals surface area contributed by atoms with Crippen molar-refractivity contribution in [2.75, 3.05) is 0 Å². The smallest absolute Gasteiger partial charge is 0.198 e. The molecule has 0 spiro atoms. The summed E-state index contributed by atoms with van der Waals surface area (Å²) in [5.74, 6) is -3.88. The lowest BCUT2D eigenvalue weighted by Crippen LogP contribution is -2.15. The predicted octanol–water partition coefficient (Wildman–Crippen LogP) is 4.89. The summed E-state index contributed by atoms with van der Waals surface area (Å²) in [6.45, 7) is 0. The van der Waals surface area contributed by atoms with Gasteiger partial charge in [0.1, 0.15) is 5.75 Å². The zero-order valence-electron chi connectivity index (χ0n) is 14.2. The number of hydrogen-bond acceptors (Lipinski definition) is 4. The van der Waals surface area contributed by atoms with Crippen molar-refractivity contribution in [2.24, 2.45) is 0 Å². The Bertz CT molecular complexity index is 964. The third-order valence-corrected chi connectivity index (χ3v) is 4.29. The van der Waals surface area contributed by atoms with Gasteiger partial charge in [-0.25, -0.2) is 8.78 Å². The van der Waals surface area contributed by atoms with Gasteiger partial charge in [-0.1, -0.05) is 18.2 Å². The summed E-state index contributed by atoms with van der Waals surface area (Å²) in [7, 11) is 0. The first kappa shape index (κ1) is 18.5. The van der Waals surface area contributed by atoms with E-state index in [2.05, 4.69) is 0 Å². The highest BCUT2D eigenvalue weighted by Gasteiger charge is 2.26. The molecule has 138 valence electrons. The van der Waals surface area contributed by atoms with Crippen molar-refractivity contribution in [1.29, 1.82) is 0 Å². The molecule has 6 heteroatoms. The van der Waals surface area contributed by atoms with E-state index in [1.165, 1.54) is 30.5 Å². The Hall–Kier alpha value is -3.28. The molecule has 0 aliphatic carbocycles. The highest BCUT2D eigenvalue weighted by Crippen LogP contribution is 2.30. The summed E-state index contributed by atoms with van der Waals surface area (Å²) in [5.41, 5.74) is 0.284. The molecule has 3 rings (SSSR count). The van der Waals surface area contributed by atoms with Crippen molar-refractivity contribution in [3.63, 3.8) is 0 Å². The number of phenolic OH excluding ortho intramolecular Hbond substituents is 1. The van der Waals surface area contributed by atoms with Gasteiger partial charge in [-0.3, -0.25) is 9.59 Å². The monoisotopic (exact) mass is 370 g/mol. The maximum absolute atomic E-state index is 13.7. The third kappa shape index (κ3) is 4.11. The van der Waals surface area contributed by atoms with E-state index < -0.39 is 23.3 Å². The molecule has 0 radical (unpaired) electrons. The molecule has 0 aliphatic heterocycles. The summed E-state index contributed by atoms with van der Waals surface area (Å²) >= 11 is 0. The number of para-hydroxylation sites is 1. The van der Waals surface area contributed by atoms with Crippen LogP contribution in [0.2, 0.25) is 0 Å². The molecule has 27 heavy (non-hydrogen) atoms. The van der Waals surface area contributed by atoms with Crippen LogP contribution in [0.15, 0.2) is 65.3 Å². The van der Waals surface area contributed by atoms with Crippen molar-refractivity contribution >= 4 is 11.6 Å². The molecular weight excluding hydrogens is 354 g/mol. The van der Waals surface area contributed by atoms with Crippen LogP contribution in [0.3, 0.4) is 0 Å². The van der Waals surface area contributed by atoms with Gasteiger partial charge in [0.15, 0.2) is 29.0 Å². The fourth-order valence-electron chi connectivity index (χ4n) is 2.88. The molecule has 1 unspecified atom stereocenters. The zero-order chi connectivity index (χ0) is 19.4. The van der Waals surface area contributed by atoms with Gasteiger partial charge in [-0.05, 0) is 48.4 Å². The van der Waals surface area contributed by atoms with E-state index in [0.29, 0.717) is 0 Å². The van der Waals surface area contributed by atoms with Gasteiger partial charge in [0.25, 0.3) is 0 Å². The Balaban J connectivity index is 1.90. The van der Waals surface area contributed by atoms with Gasteiger partial charge in [-0.15, -0.1) is 0 Å². The lowest BCUT2D eigenvalue weighted by Gasteiger charge is -2.17. The van der Waals surface area contributed by atoms with E-state index in [9.17, 15) is 23.5 Å². The summed E-state index contributed by atoms with van der Waals surface area (Å²) in [4.78, 5) is 25.2. The molecule has 3 aromatic rings. The quantitative estimate of drug-likeness (QED) is 0.601. The number of carbonyl (C=O) groups is 2. The van der Waals surface area contributed by atoms with Crippen LogP contribution < -0.4 is 0 Å². The number of halogens is 2. The van der Waals surface area contributed by atoms with Crippen LogP contribution in [0, 0.1) is 11.6 Å². The molecule has 1 atom stereocenters. The molecule has 1 N–H and O–H groups in total. The first-order chi connectivity index (χ1) is 13.0. The Labute approximate surface area is 154 Å². The topological polar surface area (TPSA) is 67.5 Å². The zero-order valence-corrected chi connectivity index (χ0v) is 14.2. The second kappa shape index (κ2) is 7.95. The molecule has 1 heterocycles. The van der Waals surface area contributed by atoms with Gasteiger partial charge < -0.3 is 9.52 Å². The van der Waals surface area contributed by atoms with Crippen molar-refractivity contribution in [3.05, 3.63) is 89.4 Å². The van der Waals surface area contributed by atoms with E-state index in [4.69, 9.17) is 4.42 Å². The Morgan fingerprint density at radius 1 is 1.00 bits per heavy atom. The number of aromatic hydroxyl groups is 1. The highest BCUT2D eigenvalue weighted by atomic mass is 19.2. The van der Waals surface area contributed by atoms with Crippen LogP contribution in [0.1, 0.15) is 45.2 Å². The van der Waals surface area contributed by atoms with Crippen molar-refractivity contribution < 1.29 is 27.9 Å². The normalized spacial score (nSPS) is 11.9. The standard InChI is InChI=1S/C21H16F2O4/c22-16-9-7-13(12-17(16)23)14(8-10-19(25)20-6-3-11-27-20)21(26)15-4-1-2-5-18(15)24/h1-7,9,11-12,14,24H,8,10H2. The summed E-state index contributed by atoms with van der Waals surface area (Å²) in [5, 5.41) is 9.97. The first-order valence-corrected chi connectivity index (χ1v) is 8.31. The maximum atomic E-state index is 13.7. The summed E-state index contributed by atoms with van der Waals surface area (Å²) in [6.07, 6.45) is 1.39. The third-order valence-electron chi connectivity index (χ3n) is 4.29. The van der Waals surface area contributed by atoms with Gasteiger partial charge in [-0.2, -0.15) is 0 Å². The average Bonchev–Trinajstić information content (AvgIpc) is 3.19. The van der Waals surface area contributed by atoms with Gasteiger partial charge in [0, 0.05) is 12.3 Å². The van der Waals surface area contributed by atoms with Gasteiger partial charge in [0.2, 0.25) is 0 Å². The molecule has 0 aliphatic rings. The minimum Gasteiger partial charge on any atom is -0.507 e. The molecule has 0 amide bonds. The van der Waals surface area contributed by atoms with E-state index in [1.807, 2.05) is 0 Å². The predicted molar refractivity (Wildman–Crippen MR) is 93.8 cm³/mol. The highest BCUT2D eigenvalue weighted by molar-refractivity contribution is 6.03. The lowest BCUT2D eigenvalue weighted by molar-refractivity contribution is 0.0923. The molecule has 1 aromatic heterocycles. The Morgan fingerprint density at radius 3 is 2.44 bits per heavy atom. The van der Waals surface area contributed by atoms with Gasteiger partial charge in [0.05, 0.1) is 11.8 Å². The fraction of sp³-hybridized carbons (Fsp3) is 0.143. The van der Waals surface area contributed by atoms with Crippen LogP contribution >= 0.6 is 0 Å². The molecular formula is C21H16F2O4. The Morgan fingerprint density at radius 2 is 1.78 bits per heavy atom. The largest absolute Gasteiger partial charge is 0.507 e. The number of Topliss-reactive ketones (excluding diaryl/α,β-unsaturated/α-hetero) is 2. The summed E-state index contributed by atoms with van der Waals surface area (Å²) < 4.78 is 32.0. The van der Waals surface area contributed by atoms with Crippen molar-refractivity contribution in [2.45, 2.75) is 18.8 Å². The average molecular weight is 370 g/mol. The maximum Gasteiger partial charge on any atom is 0.198 e. The van der Waals surface area contributed by atoms with Crippen LogP contribution in [-0.4, -0.2) is 16.7 Å². The van der Waals surface area contributed by atoms with E-state index in [1.54, 1.807) is 18.2 Å². The van der Waals surface area contributed by atoms with E-state index in [0.717, 1.165) is 12.1 Å². The van der Waals surface area contributed by atoms with E-state index in [-0.39, 0.29) is 41.3 Å². The number of hydrogen-bond donors (Lipinski definition) is 1.